The van der Waals surface area contributed by atoms with Crippen molar-refractivity contribution in [2.75, 3.05) is 7.05 Å². The van der Waals surface area contributed by atoms with Gasteiger partial charge in [-0.1, -0.05) is 32.9 Å². The molecule has 0 bridgehead atoms. The molecular weight excluding hydrogens is 241 g/mol. The number of hydrogen-bond acceptors (Lipinski definition) is 2. The van der Waals surface area contributed by atoms with Gasteiger partial charge in [-0.2, -0.15) is 0 Å². The van der Waals surface area contributed by atoms with Crippen molar-refractivity contribution in [1.82, 2.24) is 4.90 Å². The van der Waals surface area contributed by atoms with Gasteiger partial charge in [-0.15, -0.1) is 0 Å². The van der Waals surface area contributed by atoms with Crippen molar-refractivity contribution < 1.29 is 4.39 Å². The standard InChI is InChI=1S/C15H24FN3/c1-10(15(2,3)4)19(5)9-11-7-6-8-12(13(11)16)14(17)18/h6-8,10H,9H2,1-5H3,(H3,17,18). The van der Waals surface area contributed by atoms with Gasteiger partial charge in [-0.05, 0) is 25.5 Å². The predicted octanol–water partition coefficient (Wildman–Crippen LogP) is 2.98. The van der Waals surface area contributed by atoms with E-state index in [-0.39, 0.29) is 22.6 Å². The first-order valence-corrected chi connectivity index (χ1v) is 6.46. The molecule has 4 heteroatoms. The molecule has 0 aliphatic carbocycles. The van der Waals surface area contributed by atoms with E-state index in [0.717, 1.165) is 0 Å². The SMILES string of the molecule is CC(N(C)Cc1cccc(C(=N)N)c1F)C(C)(C)C. The fourth-order valence-electron chi connectivity index (χ4n) is 1.98. The molecule has 19 heavy (non-hydrogen) atoms. The summed E-state index contributed by atoms with van der Waals surface area (Å²) in [6.45, 7) is 9.13. The second-order valence-electron chi connectivity index (χ2n) is 6.15. The molecule has 0 aliphatic heterocycles. The van der Waals surface area contributed by atoms with Crippen molar-refractivity contribution in [1.29, 1.82) is 5.41 Å². The van der Waals surface area contributed by atoms with Crippen LogP contribution in [0.15, 0.2) is 18.2 Å². The smallest absolute Gasteiger partial charge is 0.138 e. The fraction of sp³-hybridized carbons (Fsp3) is 0.533. The zero-order chi connectivity index (χ0) is 14.8. The van der Waals surface area contributed by atoms with E-state index in [1.165, 1.54) is 6.07 Å². The van der Waals surface area contributed by atoms with Gasteiger partial charge < -0.3 is 5.73 Å². The highest BCUT2D eigenvalue weighted by atomic mass is 19.1. The maximum absolute atomic E-state index is 14.2. The molecule has 0 saturated carbocycles. The van der Waals surface area contributed by atoms with E-state index < -0.39 is 0 Å². The summed E-state index contributed by atoms with van der Waals surface area (Å²) in [6.07, 6.45) is 0. The van der Waals surface area contributed by atoms with Crippen LogP contribution in [0.5, 0.6) is 0 Å². The Bertz CT molecular complexity index is 463. The molecule has 0 fully saturated rings. The minimum Gasteiger partial charge on any atom is -0.384 e. The van der Waals surface area contributed by atoms with E-state index in [1.54, 1.807) is 12.1 Å². The van der Waals surface area contributed by atoms with Crippen LogP contribution >= 0.6 is 0 Å². The summed E-state index contributed by atoms with van der Waals surface area (Å²) in [5.74, 6) is -0.617. The molecule has 106 valence electrons. The van der Waals surface area contributed by atoms with E-state index in [2.05, 4.69) is 32.6 Å². The van der Waals surface area contributed by atoms with Gasteiger partial charge in [0.15, 0.2) is 0 Å². The molecule has 0 spiro atoms. The average molecular weight is 265 g/mol. The molecule has 3 N–H and O–H groups in total. The van der Waals surface area contributed by atoms with Crippen LogP contribution < -0.4 is 5.73 Å². The van der Waals surface area contributed by atoms with Gasteiger partial charge >= 0.3 is 0 Å². The van der Waals surface area contributed by atoms with E-state index in [9.17, 15) is 4.39 Å². The van der Waals surface area contributed by atoms with Crippen molar-refractivity contribution in [2.24, 2.45) is 11.1 Å². The average Bonchev–Trinajstić information content (AvgIpc) is 2.29. The lowest BCUT2D eigenvalue weighted by atomic mass is 9.87. The third-order valence-corrected chi connectivity index (χ3v) is 3.70. The van der Waals surface area contributed by atoms with Crippen LogP contribution in [0.3, 0.4) is 0 Å². The Morgan fingerprint density at radius 2 is 2.00 bits per heavy atom. The van der Waals surface area contributed by atoms with Crippen LogP contribution in [-0.2, 0) is 6.54 Å². The highest BCUT2D eigenvalue weighted by Crippen LogP contribution is 2.25. The molecule has 0 saturated heterocycles. The minimum absolute atomic E-state index is 0.128. The molecule has 0 heterocycles. The quantitative estimate of drug-likeness (QED) is 0.649. The summed E-state index contributed by atoms with van der Waals surface area (Å²) in [5, 5.41) is 7.36. The zero-order valence-corrected chi connectivity index (χ0v) is 12.4. The number of nitrogen functional groups attached to an aromatic ring is 1. The van der Waals surface area contributed by atoms with Crippen LogP contribution in [0.25, 0.3) is 0 Å². The van der Waals surface area contributed by atoms with Crippen molar-refractivity contribution >= 4 is 5.84 Å². The number of halogens is 1. The Kier molecular flexibility index (Phi) is 4.69. The van der Waals surface area contributed by atoms with Crippen LogP contribution in [0.4, 0.5) is 4.39 Å². The first kappa shape index (κ1) is 15.6. The second-order valence-corrected chi connectivity index (χ2v) is 6.15. The maximum Gasteiger partial charge on any atom is 0.138 e. The fourth-order valence-corrected chi connectivity index (χ4v) is 1.98. The Morgan fingerprint density at radius 1 is 1.42 bits per heavy atom. The highest BCUT2D eigenvalue weighted by molar-refractivity contribution is 5.95. The van der Waals surface area contributed by atoms with Crippen molar-refractivity contribution in [3.8, 4) is 0 Å². The van der Waals surface area contributed by atoms with Crippen molar-refractivity contribution in [3.63, 3.8) is 0 Å². The van der Waals surface area contributed by atoms with Crippen molar-refractivity contribution in [3.05, 3.63) is 35.1 Å². The number of amidine groups is 1. The number of nitrogens with two attached hydrogens (primary N) is 1. The lowest BCUT2D eigenvalue weighted by molar-refractivity contribution is 0.133. The molecule has 0 amide bonds. The molecular formula is C15H24FN3. The largest absolute Gasteiger partial charge is 0.384 e. The molecule has 1 unspecified atom stereocenters. The Morgan fingerprint density at radius 3 is 2.47 bits per heavy atom. The van der Waals surface area contributed by atoms with E-state index in [0.29, 0.717) is 18.2 Å². The molecule has 1 atom stereocenters. The number of nitrogens with zero attached hydrogens (tertiary/aromatic N) is 1. The van der Waals surface area contributed by atoms with Gasteiger partial charge in [0, 0.05) is 18.2 Å². The molecule has 0 aliphatic rings. The second kappa shape index (κ2) is 5.70. The first-order valence-electron chi connectivity index (χ1n) is 6.46. The van der Waals surface area contributed by atoms with Gasteiger partial charge in [0.1, 0.15) is 11.7 Å². The van der Waals surface area contributed by atoms with Crippen LogP contribution in [-0.4, -0.2) is 23.8 Å². The number of nitrogens with one attached hydrogen (secondary N) is 1. The summed E-state index contributed by atoms with van der Waals surface area (Å²) in [7, 11) is 1.98. The number of rotatable bonds is 4. The van der Waals surface area contributed by atoms with Gasteiger partial charge in [0.2, 0.25) is 0 Å². The topological polar surface area (TPSA) is 53.1 Å². The van der Waals surface area contributed by atoms with Crippen LogP contribution in [0, 0.1) is 16.6 Å². The molecule has 1 rings (SSSR count). The molecule has 3 nitrogen and oxygen atoms in total. The molecule has 1 aromatic carbocycles. The Balaban J connectivity index is 2.95. The Hall–Kier alpha value is -1.42. The summed E-state index contributed by atoms with van der Waals surface area (Å²) in [6, 6.07) is 5.33. The van der Waals surface area contributed by atoms with E-state index >= 15 is 0 Å². The molecule has 0 aromatic heterocycles. The van der Waals surface area contributed by atoms with Gasteiger partial charge in [0.05, 0.1) is 5.56 Å². The van der Waals surface area contributed by atoms with Gasteiger partial charge in [-0.25, -0.2) is 4.39 Å². The van der Waals surface area contributed by atoms with Gasteiger partial charge in [-0.3, -0.25) is 10.3 Å². The third-order valence-electron chi connectivity index (χ3n) is 3.70. The summed E-state index contributed by atoms with van der Waals surface area (Å²) in [5.41, 5.74) is 6.25. The molecule has 1 aromatic rings. The third kappa shape index (κ3) is 3.77. The minimum atomic E-state index is -0.386. The first-order chi connectivity index (χ1) is 8.64. The van der Waals surface area contributed by atoms with Crippen molar-refractivity contribution in [2.45, 2.75) is 40.3 Å². The number of hydrogen-bond donors (Lipinski definition) is 2. The van der Waals surface area contributed by atoms with Crippen LogP contribution in [0.1, 0.15) is 38.8 Å². The lowest BCUT2D eigenvalue weighted by Crippen LogP contribution is -2.39. The zero-order valence-electron chi connectivity index (χ0n) is 12.4. The summed E-state index contributed by atoms with van der Waals surface area (Å²) >= 11 is 0. The predicted molar refractivity (Wildman–Crippen MR) is 77.8 cm³/mol. The van der Waals surface area contributed by atoms with Crippen LogP contribution in [0.2, 0.25) is 0 Å². The maximum atomic E-state index is 14.2. The number of benzene rings is 1. The lowest BCUT2D eigenvalue weighted by Gasteiger charge is -2.35. The highest BCUT2D eigenvalue weighted by Gasteiger charge is 2.24. The van der Waals surface area contributed by atoms with Gasteiger partial charge in [0.25, 0.3) is 0 Å². The monoisotopic (exact) mass is 265 g/mol. The molecule has 0 radical (unpaired) electrons. The van der Waals surface area contributed by atoms with E-state index in [4.69, 9.17) is 11.1 Å². The summed E-state index contributed by atoms with van der Waals surface area (Å²) < 4.78 is 14.2. The normalized spacial score (nSPS) is 13.6. The Labute approximate surface area is 115 Å². The summed E-state index contributed by atoms with van der Waals surface area (Å²) in [4.78, 5) is 2.11. The van der Waals surface area contributed by atoms with E-state index in [1.807, 2.05) is 7.05 Å².